The van der Waals surface area contributed by atoms with Crippen molar-refractivity contribution in [2.75, 3.05) is 26.7 Å². The molecule has 1 rings (SSSR count). The summed E-state index contributed by atoms with van der Waals surface area (Å²) in [6.45, 7) is 2.43. The Morgan fingerprint density at radius 3 is 2.73 bits per heavy atom. The van der Waals surface area contributed by atoms with E-state index in [-0.39, 0.29) is 6.04 Å². The van der Waals surface area contributed by atoms with Gasteiger partial charge in [0.15, 0.2) is 7.98 Å². The average molecular weight is 156 g/mol. The fourth-order valence-electron chi connectivity index (χ4n) is 1.28. The monoisotopic (exact) mass is 156 g/mol. The molecule has 1 atom stereocenters. The van der Waals surface area contributed by atoms with E-state index in [1.807, 2.05) is 24.7 Å². The maximum absolute atomic E-state index is 10.6. The molecule has 1 aliphatic heterocycles. The third-order valence-corrected chi connectivity index (χ3v) is 2.14. The van der Waals surface area contributed by atoms with Gasteiger partial charge in [0.2, 0.25) is 0 Å². The summed E-state index contributed by atoms with van der Waals surface area (Å²) in [6.07, 6.45) is 0. The first-order chi connectivity index (χ1) is 5.11. The lowest BCUT2D eigenvalue weighted by atomic mass is 10.1. The van der Waals surface area contributed by atoms with Crippen LogP contribution in [0.3, 0.4) is 0 Å². The lowest BCUT2D eigenvalue weighted by molar-refractivity contribution is -0.144. The lowest BCUT2D eigenvalue weighted by Crippen LogP contribution is -2.53. The van der Waals surface area contributed by atoms with E-state index in [9.17, 15) is 4.79 Å². The van der Waals surface area contributed by atoms with E-state index in [1.165, 1.54) is 0 Å². The van der Waals surface area contributed by atoms with Crippen LogP contribution < -0.4 is 0 Å². The summed E-state index contributed by atoms with van der Waals surface area (Å²) in [5.74, 6) is -0.723. The van der Waals surface area contributed by atoms with E-state index >= 15 is 0 Å². The molecule has 1 N–H and O–H groups in total. The lowest BCUT2D eigenvalue weighted by Gasteiger charge is -2.35. The van der Waals surface area contributed by atoms with Crippen LogP contribution in [0.15, 0.2) is 0 Å². The third-order valence-electron chi connectivity index (χ3n) is 2.14. The molecule has 0 bridgehead atoms. The molecular formula is C6H13BN2O2. The van der Waals surface area contributed by atoms with Crippen LogP contribution >= 0.6 is 0 Å². The van der Waals surface area contributed by atoms with Gasteiger partial charge in [0, 0.05) is 13.1 Å². The van der Waals surface area contributed by atoms with Crippen LogP contribution in [0.4, 0.5) is 0 Å². The first-order valence-electron chi connectivity index (χ1n) is 3.73. The number of carboxylic acid groups (broad SMARTS) is 1. The van der Waals surface area contributed by atoms with Crippen LogP contribution in [-0.2, 0) is 4.79 Å². The largest absolute Gasteiger partial charge is 0.480 e. The summed E-state index contributed by atoms with van der Waals surface area (Å²) in [7, 11) is 3.80. The molecule has 1 saturated heterocycles. The molecule has 62 valence electrons. The van der Waals surface area contributed by atoms with Crippen molar-refractivity contribution in [1.29, 1.82) is 0 Å². The van der Waals surface area contributed by atoms with E-state index in [4.69, 9.17) is 5.11 Å². The van der Waals surface area contributed by atoms with Gasteiger partial charge >= 0.3 is 5.97 Å². The van der Waals surface area contributed by atoms with Crippen molar-refractivity contribution in [3.63, 3.8) is 0 Å². The Hall–Kier alpha value is -0.545. The number of aliphatic carboxylic acids is 1. The normalized spacial score (nSPS) is 28.6. The summed E-state index contributed by atoms with van der Waals surface area (Å²) in [5.41, 5.74) is 0. The Morgan fingerprint density at radius 2 is 2.27 bits per heavy atom. The summed E-state index contributed by atoms with van der Waals surface area (Å²) in [5, 5.41) is 8.76. The van der Waals surface area contributed by atoms with Gasteiger partial charge in [-0.1, -0.05) is 0 Å². The number of rotatable bonds is 1. The van der Waals surface area contributed by atoms with Crippen molar-refractivity contribution < 1.29 is 9.90 Å². The van der Waals surface area contributed by atoms with Gasteiger partial charge in [0.05, 0.1) is 0 Å². The summed E-state index contributed by atoms with van der Waals surface area (Å²) < 4.78 is 0. The van der Waals surface area contributed by atoms with Gasteiger partial charge in [-0.25, -0.2) is 0 Å². The molecule has 0 aliphatic carbocycles. The van der Waals surface area contributed by atoms with Crippen molar-refractivity contribution in [1.82, 2.24) is 9.71 Å². The molecule has 5 heteroatoms. The van der Waals surface area contributed by atoms with E-state index < -0.39 is 5.97 Å². The predicted octanol–water partition coefficient (Wildman–Crippen LogP) is -1.76. The molecule has 0 aromatic carbocycles. The highest BCUT2D eigenvalue weighted by molar-refractivity contribution is 6.04. The molecule has 0 aromatic rings. The van der Waals surface area contributed by atoms with Crippen molar-refractivity contribution >= 4 is 14.0 Å². The maximum atomic E-state index is 10.6. The Kier molecular flexibility index (Phi) is 2.51. The van der Waals surface area contributed by atoms with Crippen LogP contribution in [0.25, 0.3) is 0 Å². The minimum absolute atomic E-state index is 0.325. The van der Waals surface area contributed by atoms with Crippen LogP contribution in [0.2, 0.25) is 0 Å². The molecule has 1 heterocycles. The smallest absolute Gasteiger partial charge is 0.322 e. The van der Waals surface area contributed by atoms with E-state index in [0.29, 0.717) is 6.54 Å². The van der Waals surface area contributed by atoms with Crippen LogP contribution in [0, 0.1) is 0 Å². The second-order valence-corrected chi connectivity index (χ2v) is 3.10. The number of hydrogen-bond donors (Lipinski definition) is 1. The summed E-state index contributed by atoms with van der Waals surface area (Å²) >= 11 is 0. The topological polar surface area (TPSA) is 43.8 Å². The van der Waals surface area contributed by atoms with Gasteiger partial charge < -0.3 is 9.92 Å². The predicted molar refractivity (Wildman–Crippen MR) is 44.2 cm³/mol. The average Bonchev–Trinajstić information content (AvgIpc) is 1.94. The fourth-order valence-corrected chi connectivity index (χ4v) is 1.28. The summed E-state index contributed by atoms with van der Waals surface area (Å²) in [4.78, 5) is 14.6. The van der Waals surface area contributed by atoms with Crippen LogP contribution in [-0.4, -0.2) is 61.5 Å². The number of carboxylic acids is 1. The van der Waals surface area contributed by atoms with Crippen LogP contribution in [0.1, 0.15) is 0 Å². The SMILES string of the molecule is BN1CCN(C)C(C(=O)O)C1. The second kappa shape index (κ2) is 3.23. The van der Waals surface area contributed by atoms with E-state index in [0.717, 1.165) is 13.1 Å². The van der Waals surface area contributed by atoms with Crippen molar-refractivity contribution in [2.45, 2.75) is 6.04 Å². The Labute approximate surface area is 67.2 Å². The molecule has 0 radical (unpaired) electrons. The zero-order chi connectivity index (χ0) is 8.43. The number of likely N-dealkylation sites (N-methyl/N-ethyl adjacent to an activating group) is 1. The molecule has 0 saturated carbocycles. The van der Waals surface area contributed by atoms with Crippen molar-refractivity contribution in [3.05, 3.63) is 0 Å². The number of carbonyl (C=O) groups is 1. The Morgan fingerprint density at radius 1 is 1.64 bits per heavy atom. The first kappa shape index (κ1) is 8.55. The van der Waals surface area contributed by atoms with Gasteiger partial charge in [0.1, 0.15) is 6.04 Å². The molecular weight excluding hydrogens is 143 g/mol. The molecule has 1 aliphatic rings. The highest BCUT2D eigenvalue weighted by atomic mass is 16.4. The zero-order valence-electron chi connectivity index (χ0n) is 6.95. The van der Waals surface area contributed by atoms with E-state index in [2.05, 4.69) is 0 Å². The molecule has 1 fully saturated rings. The van der Waals surface area contributed by atoms with Gasteiger partial charge in [-0.2, -0.15) is 0 Å². The number of nitrogens with zero attached hydrogens (tertiary/aromatic N) is 2. The molecule has 1 unspecified atom stereocenters. The van der Waals surface area contributed by atoms with Crippen LogP contribution in [0.5, 0.6) is 0 Å². The molecule has 11 heavy (non-hydrogen) atoms. The van der Waals surface area contributed by atoms with E-state index in [1.54, 1.807) is 0 Å². The number of piperazine rings is 1. The molecule has 0 aromatic heterocycles. The van der Waals surface area contributed by atoms with Gasteiger partial charge in [-0.05, 0) is 13.6 Å². The Balaban J connectivity index is 2.54. The fraction of sp³-hybridized carbons (Fsp3) is 0.833. The molecule has 0 amide bonds. The second-order valence-electron chi connectivity index (χ2n) is 3.10. The standard InChI is InChI=1S/C6H13BN2O2/c1-8-2-3-9(7)4-5(8)6(10)11/h5H,2-4,7H2,1H3,(H,10,11). The van der Waals surface area contributed by atoms with Gasteiger partial charge in [0.25, 0.3) is 0 Å². The first-order valence-corrected chi connectivity index (χ1v) is 3.73. The van der Waals surface area contributed by atoms with Gasteiger partial charge in [-0.3, -0.25) is 9.69 Å². The highest BCUT2D eigenvalue weighted by Gasteiger charge is 2.27. The third kappa shape index (κ3) is 1.94. The minimum atomic E-state index is -0.723. The highest BCUT2D eigenvalue weighted by Crippen LogP contribution is 2.04. The molecule has 4 nitrogen and oxygen atoms in total. The van der Waals surface area contributed by atoms with Gasteiger partial charge in [-0.15, -0.1) is 0 Å². The van der Waals surface area contributed by atoms with Crippen molar-refractivity contribution in [3.8, 4) is 0 Å². The number of hydrogen-bond acceptors (Lipinski definition) is 3. The molecule has 0 spiro atoms. The zero-order valence-corrected chi connectivity index (χ0v) is 6.95. The maximum Gasteiger partial charge on any atom is 0.322 e. The quantitative estimate of drug-likeness (QED) is 0.456. The minimum Gasteiger partial charge on any atom is -0.480 e. The Bertz CT molecular complexity index is 165. The summed E-state index contributed by atoms with van der Waals surface area (Å²) in [6, 6.07) is -0.325. The van der Waals surface area contributed by atoms with Crippen molar-refractivity contribution in [2.24, 2.45) is 0 Å².